The van der Waals surface area contributed by atoms with Crippen molar-refractivity contribution in [3.63, 3.8) is 0 Å². The standard InChI is InChI=1S/C31H28F6N6O2S/c32-16-9-30(5-1-6-43(30)12-16)14-45-29-40-25-18(28(41-29)42-7-4-15(11-42)13-44)8-20(31(35,36)37)23(24(25)34)17-2-3-21(33)26-22(17)19(10-38)27(39)46-26/h2-3,8,15-16,44H,1,4-7,9,11-14,39H2. The number of nitrogen functional groups attached to an aromatic ring is 1. The summed E-state index contributed by atoms with van der Waals surface area (Å²) in [6.07, 6.45) is -3.81. The van der Waals surface area contributed by atoms with Crippen LogP contribution in [0.25, 0.3) is 32.1 Å². The molecule has 3 N–H and O–H groups in total. The number of hydrogen-bond acceptors (Lipinski definition) is 9. The second-order valence-electron chi connectivity index (χ2n) is 12.2. The van der Waals surface area contributed by atoms with E-state index in [4.69, 9.17) is 10.5 Å². The van der Waals surface area contributed by atoms with Gasteiger partial charge in [0.15, 0.2) is 5.82 Å². The minimum atomic E-state index is -5.08. The van der Waals surface area contributed by atoms with Gasteiger partial charge < -0.3 is 20.5 Å². The van der Waals surface area contributed by atoms with Gasteiger partial charge in [0.05, 0.1) is 21.4 Å². The molecule has 3 aliphatic rings. The van der Waals surface area contributed by atoms with E-state index in [1.807, 2.05) is 11.0 Å². The van der Waals surface area contributed by atoms with Crippen LogP contribution < -0.4 is 15.4 Å². The molecule has 8 nitrogen and oxygen atoms in total. The fourth-order valence-electron chi connectivity index (χ4n) is 7.31. The van der Waals surface area contributed by atoms with Gasteiger partial charge in [-0.25, -0.2) is 13.2 Å². The molecule has 2 aromatic carbocycles. The van der Waals surface area contributed by atoms with E-state index in [1.165, 1.54) is 0 Å². The Morgan fingerprint density at radius 3 is 2.72 bits per heavy atom. The second kappa shape index (κ2) is 11.1. The number of nitrogens with zero attached hydrogens (tertiary/aromatic N) is 5. The maximum atomic E-state index is 16.8. The van der Waals surface area contributed by atoms with E-state index < -0.39 is 46.2 Å². The van der Waals surface area contributed by atoms with Crippen molar-refractivity contribution in [2.75, 3.05) is 50.0 Å². The van der Waals surface area contributed by atoms with Crippen molar-refractivity contribution < 1.29 is 36.2 Å². The number of anilines is 2. The van der Waals surface area contributed by atoms with Crippen molar-refractivity contribution in [2.24, 2.45) is 5.92 Å². The van der Waals surface area contributed by atoms with Crippen LogP contribution in [0.1, 0.15) is 36.8 Å². The number of hydrogen-bond donors (Lipinski definition) is 2. The highest BCUT2D eigenvalue weighted by Crippen LogP contribution is 2.48. The van der Waals surface area contributed by atoms with Crippen LogP contribution in [0.15, 0.2) is 18.2 Å². The third-order valence-corrected chi connectivity index (χ3v) is 10.5. The maximum Gasteiger partial charge on any atom is 0.417 e. The highest BCUT2D eigenvalue weighted by atomic mass is 32.1. The van der Waals surface area contributed by atoms with Crippen molar-refractivity contribution in [1.29, 1.82) is 5.26 Å². The van der Waals surface area contributed by atoms with Crippen molar-refractivity contribution in [2.45, 2.75) is 43.6 Å². The van der Waals surface area contributed by atoms with E-state index >= 15 is 4.39 Å². The number of aromatic nitrogens is 2. The van der Waals surface area contributed by atoms with Crippen molar-refractivity contribution in [3.8, 4) is 23.2 Å². The van der Waals surface area contributed by atoms with Gasteiger partial charge in [-0.2, -0.15) is 28.4 Å². The molecule has 3 unspecified atom stereocenters. The van der Waals surface area contributed by atoms with Crippen LogP contribution in [0.4, 0.5) is 37.2 Å². The number of alkyl halides is 4. The van der Waals surface area contributed by atoms with Gasteiger partial charge in [0, 0.05) is 54.9 Å². The molecule has 3 aliphatic heterocycles. The monoisotopic (exact) mass is 662 g/mol. The van der Waals surface area contributed by atoms with Crippen LogP contribution in [0.3, 0.4) is 0 Å². The van der Waals surface area contributed by atoms with Gasteiger partial charge in [-0.1, -0.05) is 6.07 Å². The summed E-state index contributed by atoms with van der Waals surface area (Å²) in [4.78, 5) is 12.4. The van der Waals surface area contributed by atoms with E-state index in [2.05, 4.69) is 9.97 Å². The molecule has 7 rings (SSSR count). The van der Waals surface area contributed by atoms with Gasteiger partial charge in [0.1, 0.15) is 41.0 Å². The Morgan fingerprint density at radius 1 is 1.20 bits per heavy atom. The summed E-state index contributed by atoms with van der Waals surface area (Å²) in [6.45, 7) is 1.42. The first-order valence-corrected chi connectivity index (χ1v) is 15.7. The van der Waals surface area contributed by atoms with Gasteiger partial charge in [-0.3, -0.25) is 4.90 Å². The first-order chi connectivity index (χ1) is 21.9. The Labute approximate surface area is 263 Å². The van der Waals surface area contributed by atoms with Crippen LogP contribution in [-0.2, 0) is 6.18 Å². The highest BCUT2D eigenvalue weighted by Gasteiger charge is 2.49. The quantitative estimate of drug-likeness (QED) is 0.241. The van der Waals surface area contributed by atoms with Crippen LogP contribution in [0, 0.1) is 28.9 Å². The number of nitrogens with two attached hydrogens (primary N) is 1. The lowest BCUT2D eigenvalue weighted by molar-refractivity contribution is -0.137. The minimum Gasteiger partial charge on any atom is -0.461 e. The number of aliphatic hydroxyl groups is 1. The molecule has 0 aliphatic carbocycles. The molecule has 2 aromatic heterocycles. The fraction of sp³-hybridized carbons (Fsp3) is 0.452. The molecular weight excluding hydrogens is 634 g/mol. The lowest BCUT2D eigenvalue weighted by Crippen LogP contribution is -2.43. The maximum absolute atomic E-state index is 16.8. The molecule has 5 heterocycles. The highest BCUT2D eigenvalue weighted by molar-refractivity contribution is 7.23. The van der Waals surface area contributed by atoms with Gasteiger partial charge in [-0.15, -0.1) is 11.3 Å². The zero-order valence-corrected chi connectivity index (χ0v) is 25.1. The molecule has 3 fully saturated rings. The van der Waals surface area contributed by atoms with Crippen molar-refractivity contribution in [3.05, 3.63) is 41.0 Å². The Bertz CT molecular complexity index is 1910. The van der Waals surface area contributed by atoms with Crippen LogP contribution in [0.5, 0.6) is 6.01 Å². The summed E-state index contributed by atoms with van der Waals surface area (Å²) < 4.78 is 96.3. The normalized spacial score (nSPS) is 23.5. The SMILES string of the molecule is N#Cc1c(N)sc2c(F)ccc(-c3c(C(F)(F)F)cc4c(N5CCC(CO)C5)nc(OCC56CCCN5CC(F)C6)nc4c3F)c12. The van der Waals surface area contributed by atoms with E-state index in [9.17, 15) is 32.3 Å². The molecule has 0 amide bonds. The number of benzene rings is 2. The van der Waals surface area contributed by atoms with Crippen LogP contribution >= 0.6 is 11.3 Å². The number of fused-ring (bicyclic) bond motifs is 3. The molecular formula is C31H28F6N6O2S. The van der Waals surface area contributed by atoms with Crippen molar-refractivity contribution >= 4 is 43.1 Å². The number of ether oxygens (including phenoxy) is 1. The van der Waals surface area contributed by atoms with Gasteiger partial charge >= 0.3 is 12.2 Å². The summed E-state index contributed by atoms with van der Waals surface area (Å²) in [6, 6.07) is 4.19. The minimum absolute atomic E-state index is 0.00390. The number of aliphatic hydroxyl groups excluding tert-OH is 1. The Kier molecular flexibility index (Phi) is 7.45. The van der Waals surface area contributed by atoms with Gasteiger partial charge in [-0.05, 0) is 43.5 Å². The third-order valence-electron chi connectivity index (χ3n) is 9.47. The first kappa shape index (κ1) is 30.8. The molecule has 242 valence electrons. The molecule has 4 aromatic rings. The number of nitriles is 1. The van der Waals surface area contributed by atoms with Crippen LogP contribution in [-0.4, -0.2) is 71.1 Å². The third kappa shape index (κ3) is 4.89. The van der Waals surface area contributed by atoms with Crippen molar-refractivity contribution in [1.82, 2.24) is 14.9 Å². The van der Waals surface area contributed by atoms with E-state index in [0.717, 1.165) is 24.6 Å². The molecule has 3 saturated heterocycles. The molecule has 46 heavy (non-hydrogen) atoms. The topological polar surface area (TPSA) is 112 Å². The molecule has 0 spiro atoms. The molecule has 0 saturated carbocycles. The Balaban J connectivity index is 1.45. The number of halogens is 6. The summed E-state index contributed by atoms with van der Waals surface area (Å²) in [5.74, 6) is -2.35. The summed E-state index contributed by atoms with van der Waals surface area (Å²) >= 11 is 0.684. The zero-order valence-electron chi connectivity index (χ0n) is 24.3. The number of rotatable bonds is 6. The lowest BCUT2D eigenvalue weighted by Gasteiger charge is -2.31. The Morgan fingerprint density at radius 2 is 2.00 bits per heavy atom. The average Bonchev–Trinajstić information content (AvgIpc) is 3.78. The predicted octanol–water partition coefficient (Wildman–Crippen LogP) is 6.04. The zero-order chi connectivity index (χ0) is 32.5. The molecule has 0 bridgehead atoms. The first-order valence-electron chi connectivity index (χ1n) is 14.8. The second-order valence-corrected chi connectivity index (χ2v) is 13.3. The number of thiophene rings is 1. The summed E-state index contributed by atoms with van der Waals surface area (Å²) in [5, 5.41) is 18.9. The van der Waals surface area contributed by atoms with Crippen LogP contribution in [0.2, 0.25) is 0 Å². The molecule has 0 radical (unpaired) electrons. The Hall–Kier alpha value is -3.87. The average molecular weight is 663 g/mol. The molecule has 3 atom stereocenters. The van der Waals surface area contributed by atoms with E-state index in [-0.39, 0.29) is 82.1 Å². The summed E-state index contributed by atoms with van der Waals surface area (Å²) in [7, 11) is 0. The molecule has 15 heteroatoms. The smallest absolute Gasteiger partial charge is 0.417 e. The summed E-state index contributed by atoms with van der Waals surface area (Å²) in [5.41, 5.74) is 1.96. The predicted molar refractivity (Wildman–Crippen MR) is 160 cm³/mol. The van der Waals surface area contributed by atoms with Gasteiger partial charge in [0.2, 0.25) is 0 Å². The fourth-order valence-corrected chi connectivity index (χ4v) is 8.26. The largest absolute Gasteiger partial charge is 0.461 e. The van der Waals surface area contributed by atoms with E-state index in [0.29, 0.717) is 37.3 Å². The van der Waals surface area contributed by atoms with Gasteiger partial charge in [0.25, 0.3) is 0 Å². The van der Waals surface area contributed by atoms with E-state index in [1.54, 1.807) is 4.90 Å². The lowest BCUT2D eigenvalue weighted by atomic mass is 9.92.